The maximum Gasteiger partial charge on any atom is 0.191 e. The molecule has 0 saturated heterocycles. The Hall–Kier alpha value is -4.03. The summed E-state index contributed by atoms with van der Waals surface area (Å²) in [5.74, 6) is 2.23. The van der Waals surface area contributed by atoms with Crippen molar-refractivity contribution < 1.29 is 27.9 Å². The van der Waals surface area contributed by atoms with Gasteiger partial charge in [-0.15, -0.1) is 0 Å². The maximum absolute atomic E-state index is 14.6. The zero-order chi connectivity index (χ0) is 32.3. The van der Waals surface area contributed by atoms with Gasteiger partial charge in [0.05, 0.1) is 37.8 Å². The van der Waals surface area contributed by atoms with E-state index in [0.717, 1.165) is 29.8 Å². The van der Waals surface area contributed by atoms with Crippen LogP contribution in [-0.2, 0) is 25.0 Å². The van der Waals surface area contributed by atoms with Crippen LogP contribution < -0.4 is 18.9 Å². The van der Waals surface area contributed by atoms with Crippen molar-refractivity contribution in [3.63, 3.8) is 0 Å². The third-order valence-electron chi connectivity index (χ3n) is 8.63. The predicted octanol–water partition coefficient (Wildman–Crippen LogP) is 8.74. The zero-order valence-electron chi connectivity index (χ0n) is 27.2. The van der Waals surface area contributed by atoms with E-state index in [1.54, 1.807) is 33.5 Å². The molecule has 5 rings (SSSR count). The molecule has 1 atom stereocenters. The summed E-state index contributed by atoms with van der Waals surface area (Å²) in [6.45, 7) is 10.3. The van der Waals surface area contributed by atoms with Crippen LogP contribution in [0.2, 0.25) is 5.02 Å². The van der Waals surface area contributed by atoms with Crippen LogP contribution in [0.5, 0.6) is 23.0 Å². The van der Waals surface area contributed by atoms with Crippen molar-refractivity contribution in [1.82, 2.24) is 0 Å². The lowest BCUT2D eigenvalue weighted by molar-refractivity contribution is -0.546. The van der Waals surface area contributed by atoms with Crippen LogP contribution >= 0.6 is 11.6 Å². The molecule has 7 heteroatoms. The molecule has 45 heavy (non-hydrogen) atoms. The molecule has 1 aliphatic rings. The van der Waals surface area contributed by atoms with E-state index in [9.17, 15) is 4.39 Å². The highest BCUT2D eigenvalue weighted by molar-refractivity contribution is 6.31. The molecule has 0 fully saturated rings. The molecule has 4 aromatic rings. The summed E-state index contributed by atoms with van der Waals surface area (Å²) in [6.07, 6.45) is 0.833. The van der Waals surface area contributed by atoms with Gasteiger partial charge in [-0.3, -0.25) is 0 Å². The molecule has 0 saturated carbocycles. The molecule has 236 valence electrons. The first-order valence-electron chi connectivity index (χ1n) is 15.2. The average molecular weight is 631 g/mol. The molecule has 0 spiro atoms. The van der Waals surface area contributed by atoms with E-state index in [2.05, 4.69) is 68.7 Å². The summed E-state index contributed by atoms with van der Waals surface area (Å²) in [6, 6.07) is 23.6. The largest absolute Gasteiger partial charge is 0.493 e. The number of rotatable bonds is 10. The van der Waals surface area contributed by atoms with Gasteiger partial charge in [0, 0.05) is 17.5 Å². The number of halogens is 2. The number of ether oxygens (including phenoxy) is 4. The molecule has 0 bridgehead atoms. The molecule has 5 nitrogen and oxygen atoms in total. The third-order valence-corrected chi connectivity index (χ3v) is 8.98. The first-order chi connectivity index (χ1) is 21.5. The number of fused-ring (bicyclic) bond motifs is 1. The number of hydrogen-bond acceptors (Lipinski definition) is 4. The van der Waals surface area contributed by atoms with Crippen LogP contribution in [0.3, 0.4) is 0 Å². The van der Waals surface area contributed by atoms with Gasteiger partial charge >= 0.3 is 0 Å². The van der Waals surface area contributed by atoms with E-state index in [-0.39, 0.29) is 17.9 Å². The fourth-order valence-electron chi connectivity index (χ4n) is 6.04. The lowest BCUT2D eigenvalue weighted by Gasteiger charge is -2.25. The molecule has 0 radical (unpaired) electrons. The molecule has 0 N–H and O–H groups in total. The Balaban J connectivity index is 1.61. The average Bonchev–Trinajstić information content (AvgIpc) is 3.03. The maximum atomic E-state index is 14.6. The second-order valence-corrected chi connectivity index (χ2v) is 12.9. The fourth-order valence-corrected chi connectivity index (χ4v) is 6.26. The number of methoxy groups -OCH3 is 3. The second kappa shape index (κ2) is 13.5. The number of nitrogens with zero attached hydrogens (tertiary/aromatic N) is 1. The van der Waals surface area contributed by atoms with Crippen molar-refractivity contribution in [2.45, 2.75) is 58.6 Å². The van der Waals surface area contributed by atoms with Gasteiger partial charge in [0.2, 0.25) is 0 Å². The van der Waals surface area contributed by atoms with Gasteiger partial charge in [0.25, 0.3) is 0 Å². The van der Waals surface area contributed by atoms with Gasteiger partial charge in [0.1, 0.15) is 19.0 Å². The van der Waals surface area contributed by atoms with Crippen molar-refractivity contribution in [3.05, 3.63) is 117 Å². The summed E-state index contributed by atoms with van der Waals surface area (Å²) < 4.78 is 40.4. The Morgan fingerprint density at radius 3 is 2.18 bits per heavy atom. The van der Waals surface area contributed by atoms with Crippen LogP contribution in [0.4, 0.5) is 4.39 Å². The summed E-state index contributed by atoms with van der Waals surface area (Å²) in [7, 11) is 4.95. The van der Waals surface area contributed by atoms with E-state index in [0.29, 0.717) is 34.4 Å². The molecule has 4 aromatic carbocycles. The SMILES string of the molecule is COc1cc2c(cc1OC)C(C(C)c1ccc(C(C)(C)C)cc1)=[N+](Cc1cccc(OC)c1OCc1c(F)cccc1Cl)CC2. The zero-order valence-corrected chi connectivity index (χ0v) is 27.9. The topological polar surface area (TPSA) is 39.9 Å². The minimum Gasteiger partial charge on any atom is -0.493 e. The predicted molar refractivity (Wildman–Crippen MR) is 178 cm³/mol. The molecule has 0 amide bonds. The van der Waals surface area contributed by atoms with Gasteiger partial charge in [-0.2, -0.15) is 0 Å². The van der Waals surface area contributed by atoms with Crippen LogP contribution in [-0.4, -0.2) is 38.2 Å². The van der Waals surface area contributed by atoms with Crippen molar-refractivity contribution >= 4 is 17.3 Å². The van der Waals surface area contributed by atoms with Crippen molar-refractivity contribution in [2.24, 2.45) is 0 Å². The molecule has 0 aromatic heterocycles. The minimum atomic E-state index is -0.405. The van der Waals surface area contributed by atoms with E-state index in [1.807, 2.05) is 18.2 Å². The van der Waals surface area contributed by atoms with Gasteiger partial charge in [-0.1, -0.05) is 68.8 Å². The van der Waals surface area contributed by atoms with Gasteiger partial charge in [-0.05, 0) is 65.4 Å². The highest BCUT2D eigenvalue weighted by Crippen LogP contribution is 2.38. The lowest BCUT2D eigenvalue weighted by Crippen LogP contribution is -2.33. The Labute approximate surface area is 271 Å². The standard InChI is InChI=1S/C38H42ClFNO4/c1-24(25-14-16-28(17-15-25)38(2,3)4)36-29-21-35(44-7)34(43-6)20-26(29)18-19-41(36)22-27-10-8-13-33(42-5)37(27)45-23-30-31(39)11-9-12-32(30)40/h8-17,20-21,24H,18-19,22-23H2,1-7H3/q+1. The van der Waals surface area contributed by atoms with E-state index >= 15 is 0 Å². The Bertz CT molecular complexity index is 1690. The second-order valence-electron chi connectivity index (χ2n) is 12.5. The molecule has 0 aliphatic carbocycles. The van der Waals surface area contributed by atoms with Gasteiger partial charge < -0.3 is 18.9 Å². The van der Waals surface area contributed by atoms with Crippen LogP contribution in [0, 0.1) is 5.82 Å². The quantitative estimate of drug-likeness (QED) is 0.164. The Morgan fingerprint density at radius 1 is 0.867 bits per heavy atom. The summed E-state index contributed by atoms with van der Waals surface area (Å²) >= 11 is 6.32. The minimum absolute atomic E-state index is 0.0220. The van der Waals surface area contributed by atoms with Crippen molar-refractivity contribution in [1.29, 1.82) is 0 Å². The van der Waals surface area contributed by atoms with E-state index in [1.165, 1.54) is 28.5 Å². The number of hydrogen-bond donors (Lipinski definition) is 0. The molecular formula is C38H42ClFNO4+. The van der Waals surface area contributed by atoms with Crippen molar-refractivity contribution in [3.8, 4) is 23.0 Å². The van der Waals surface area contributed by atoms with Gasteiger partial charge in [0.15, 0.2) is 35.3 Å². The Morgan fingerprint density at radius 2 is 1.53 bits per heavy atom. The molecular weight excluding hydrogens is 589 g/mol. The monoisotopic (exact) mass is 630 g/mol. The van der Waals surface area contributed by atoms with Crippen LogP contribution in [0.1, 0.15) is 67.0 Å². The summed E-state index contributed by atoms with van der Waals surface area (Å²) in [5, 5.41) is 0.324. The molecule has 1 aliphatic heterocycles. The van der Waals surface area contributed by atoms with Gasteiger partial charge in [-0.25, -0.2) is 8.97 Å². The summed E-state index contributed by atoms with van der Waals surface area (Å²) in [5.41, 5.74) is 7.36. The van der Waals surface area contributed by atoms with Crippen LogP contribution in [0.15, 0.2) is 72.8 Å². The third kappa shape index (κ3) is 6.81. The highest BCUT2D eigenvalue weighted by atomic mass is 35.5. The molecule has 1 heterocycles. The highest BCUT2D eigenvalue weighted by Gasteiger charge is 2.33. The smallest absolute Gasteiger partial charge is 0.191 e. The molecule has 1 unspecified atom stereocenters. The Kier molecular flexibility index (Phi) is 9.73. The van der Waals surface area contributed by atoms with Crippen molar-refractivity contribution in [2.75, 3.05) is 27.9 Å². The number of para-hydroxylation sites is 1. The first kappa shape index (κ1) is 32.4. The van der Waals surface area contributed by atoms with E-state index in [4.69, 9.17) is 30.5 Å². The summed E-state index contributed by atoms with van der Waals surface area (Å²) in [4.78, 5) is 0. The fraction of sp³-hybridized carbons (Fsp3) is 0.342. The number of benzene rings is 4. The first-order valence-corrected chi connectivity index (χ1v) is 15.6. The normalized spacial score (nSPS) is 13.7. The van der Waals surface area contributed by atoms with Crippen LogP contribution in [0.25, 0.3) is 0 Å². The lowest BCUT2D eigenvalue weighted by atomic mass is 9.83. The van der Waals surface area contributed by atoms with E-state index < -0.39 is 5.82 Å².